The first-order valence-electron chi connectivity index (χ1n) is 11.4. The van der Waals surface area contributed by atoms with E-state index in [1.54, 1.807) is 0 Å². The van der Waals surface area contributed by atoms with Gasteiger partial charge < -0.3 is 9.80 Å². The van der Waals surface area contributed by atoms with Gasteiger partial charge in [0.2, 0.25) is 15.9 Å². The molecule has 0 spiro atoms. The van der Waals surface area contributed by atoms with Crippen LogP contribution in [0.5, 0.6) is 0 Å². The molecule has 1 aromatic rings. The molecule has 0 aromatic heterocycles. The van der Waals surface area contributed by atoms with E-state index in [4.69, 9.17) is 0 Å². The second kappa shape index (κ2) is 10.7. The number of rotatable bonds is 8. The smallest absolute Gasteiger partial charge is 0.240 e. The molecule has 8 heteroatoms. The molecule has 2 heterocycles. The van der Waals surface area contributed by atoms with Crippen LogP contribution in [0, 0.1) is 11.8 Å². The Kier molecular flexibility index (Phi) is 8.24. The van der Waals surface area contributed by atoms with Gasteiger partial charge in [0.25, 0.3) is 0 Å². The van der Waals surface area contributed by atoms with Gasteiger partial charge in [0, 0.05) is 38.2 Å². The van der Waals surface area contributed by atoms with E-state index in [1.807, 2.05) is 4.90 Å². The molecule has 0 saturated carbocycles. The molecule has 2 saturated heterocycles. The van der Waals surface area contributed by atoms with E-state index in [0.29, 0.717) is 11.5 Å². The Morgan fingerprint density at radius 3 is 2.39 bits per heavy atom. The lowest BCUT2D eigenvalue weighted by molar-refractivity contribution is -0.133. The van der Waals surface area contributed by atoms with Gasteiger partial charge >= 0.3 is 0 Å². The molecule has 1 unspecified atom stereocenters. The van der Waals surface area contributed by atoms with Crippen molar-refractivity contribution >= 4 is 21.7 Å². The summed E-state index contributed by atoms with van der Waals surface area (Å²) >= 11 is 0. The zero-order valence-corrected chi connectivity index (χ0v) is 19.5. The maximum Gasteiger partial charge on any atom is 0.240 e. The number of carbonyl (C=O) groups is 2. The number of nitrogens with zero attached hydrogens (tertiary/aromatic N) is 2. The maximum absolute atomic E-state index is 12.7. The van der Waals surface area contributed by atoms with Crippen LogP contribution in [0.3, 0.4) is 0 Å². The third-order valence-corrected chi connectivity index (χ3v) is 7.94. The quantitative estimate of drug-likeness (QED) is 0.617. The molecule has 0 aliphatic carbocycles. The summed E-state index contributed by atoms with van der Waals surface area (Å²) in [7, 11) is -3.70. The number of hydrogen-bond acceptors (Lipinski definition) is 5. The highest BCUT2D eigenvalue weighted by molar-refractivity contribution is 7.89. The van der Waals surface area contributed by atoms with Gasteiger partial charge in [-0.15, -0.1) is 0 Å². The molecular formula is C23H35N3O4S. The molecule has 2 fully saturated rings. The van der Waals surface area contributed by atoms with E-state index in [0.717, 1.165) is 51.5 Å². The highest BCUT2D eigenvalue weighted by atomic mass is 32.2. The van der Waals surface area contributed by atoms with E-state index < -0.39 is 10.0 Å². The van der Waals surface area contributed by atoms with Crippen LogP contribution >= 0.6 is 0 Å². The number of nitrogens with one attached hydrogen (secondary N) is 1. The molecule has 1 aromatic carbocycles. The van der Waals surface area contributed by atoms with Crippen molar-refractivity contribution in [3.05, 3.63) is 29.8 Å². The molecule has 172 valence electrons. The van der Waals surface area contributed by atoms with Crippen LogP contribution in [0.25, 0.3) is 0 Å². The van der Waals surface area contributed by atoms with Crippen LogP contribution in [0.2, 0.25) is 0 Å². The number of likely N-dealkylation sites (tertiary alicyclic amines) is 2. The van der Waals surface area contributed by atoms with Crippen molar-refractivity contribution < 1.29 is 18.0 Å². The summed E-state index contributed by atoms with van der Waals surface area (Å²) in [6, 6.07) is 5.83. The Balaban J connectivity index is 1.44. The van der Waals surface area contributed by atoms with Crippen molar-refractivity contribution in [1.82, 2.24) is 14.5 Å². The number of benzene rings is 1. The standard InChI is InChI=1S/C23H35N3O4S/c1-18-10-14-25(15-11-18)16-20-4-3-13-26(17-20)23(28)9-12-24-31(29,30)22-7-5-21(6-8-22)19(2)27/h5-8,18,20,24H,3-4,9-17H2,1-2H3. The van der Waals surface area contributed by atoms with Gasteiger partial charge in [0.15, 0.2) is 5.78 Å². The summed E-state index contributed by atoms with van der Waals surface area (Å²) in [6.45, 7) is 8.71. The van der Waals surface area contributed by atoms with Crippen molar-refractivity contribution in [2.24, 2.45) is 11.8 Å². The molecule has 2 aliphatic heterocycles. The van der Waals surface area contributed by atoms with Gasteiger partial charge in [-0.2, -0.15) is 0 Å². The van der Waals surface area contributed by atoms with Crippen LogP contribution in [0.1, 0.15) is 56.3 Å². The zero-order chi connectivity index (χ0) is 22.4. The molecule has 2 aliphatic rings. The maximum atomic E-state index is 12.7. The number of piperidine rings is 2. The zero-order valence-electron chi connectivity index (χ0n) is 18.7. The molecule has 7 nitrogen and oxygen atoms in total. The molecule has 1 atom stereocenters. The summed E-state index contributed by atoms with van der Waals surface area (Å²) in [5, 5.41) is 0. The molecule has 3 rings (SSSR count). The van der Waals surface area contributed by atoms with Crippen LogP contribution in [0.4, 0.5) is 0 Å². The fourth-order valence-electron chi connectivity index (χ4n) is 4.45. The summed E-state index contributed by atoms with van der Waals surface area (Å²) < 4.78 is 27.4. The van der Waals surface area contributed by atoms with Gasteiger partial charge in [-0.3, -0.25) is 9.59 Å². The Bertz CT molecular complexity index is 861. The highest BCUT2D eigenvalue weighted by Crippen LogP contribution is 2.22. The molecular weight excluding hydrogens is 414 g/mol. The van der Waals surface area contributed by atoms with Gasteiger partial charge in [-0.25, -0.2) is 13.1 Å². The van der Waals surface area contributed by atoms with Crippen molar-refractivity contribution in [2.75, 3.05) is 39.3 Å². The van der Waals surface area contributed by atoms with Gasteiger partial charge in [-0.05, 0) is 69.7 Å². The second-order valence-electron chi connectivity index (χ2n) is 9.06. The molecule has 1 N–H and O–H groups in total. The fraction of sp³-hybridized carbons (Fsp3) is 0.652. The lowest BCUT2D eigenvalue weighted by Gasteiger charge is -2.38. The number of Topliss-reactive ketones (excluding diaryl/α,β-unsaturated/α-hetero) is 1. The lowest BCUT2D eigenvalue weighted by Crippen LogP contribution is -2.45. The van der Waals surface area contributed by atoms with E-state index in [9.17, 15) is 18.0 Å². The number of amides is 1. The summed E-state index contributed by atoms with van der Waals surface area (Å²) in [4.78, 5) is 28.5. The van der Waals surface area contributed by atoms with Crippen molar-refractivity contribution in [3.63, 3.8) is 0 Å². The minimum atomic E-state index is -3.70. The van der Waals surface area contributed by atoms with Gasteiger partial charge in [0.1, 0.15) is 0 Å². The Hall–Kier alpha value is -1.77. The average molecular weight is 450 g/mol. The average Bonchev–Trinajstić information content (AvgIpc) is 2.75. The summed E-state index contributed by atoms with van der Waals surface area (Å²) in [6.07, 6.45) is 4.83. The third-order valence-electron chi connectivity index (χ3n) is 6.47. The Labute approximate surface area is 186 Å². The first-order valence-corrected chi connectivity index (χ1v) is 12.8. The first-order chi connectivity index (χ1) is 14.7. The monoisotopic (exact) mass is 449 g/mol. The summed E-state index contributed by atoms with van der Waals surface area (Å²) in [5.74, 6) is 1.21. The van der Waals surface area contributed by atoms with Crippen molar-refractivity contribution in [2.45, 2.75) is 50.8 Å². The molecule has 31 heavy (non-hydrogen) atoms. The number of hydrogen-bond donors (Lipinski definition) is 1. The van der Waals surface area contributed by atoms with Crippen molar-refractivity contribution in [3.8, 4) is 0 Å². The SMILES string of the molecule is CC(=O)c1ccc(S(=O)(=O)NCCC(=O)N2CCCC(CN3CCC(C)CC3)C2)cc1. The van der Waals surface area contributed by atoms with Crippen LogP contribution in [0.15, 0.2) is 29.2 Å². The van der Waals surface area contributed by atoms with Crippen LogP contribution in [-0.4, -0.2) is 69.2 Å². The van der Waals surface area contributed by atoms with E-state index in [1.165, 1.54) is 44.0 Å². The Morgan fingerprint density at radius 2 is 1.74 bits per heavy atom. The normalized spacial score (nSPS) is 21.2. The van der Waals surface area contributed by atoms with Crippen LogP contribution in [-0.2, 0) is 14.8 Å². The summed E-state index contributed by atoms with van der Waals surface area (Å²) in [5.41, 5.74) is 0.466. The molecule has 1 amide bonds. The predicted molar refractivity (Wildman–Crippen MR) is 120 cm³/mol. The molecule has 0 radical (unpaired) electrons. The van der Waals surface area contributed by atoms with E-state index >= 15 is 0 Å². The minimum Gasteiger partial charge on any atom is -0.342 e. The number of ketones is 1. The van der Waals surface area contributed by atoms with Crippen molar-refractivity contribution in [1.29, 1.82) is 0 Å². The minimum absolute atomic E-state index is 0.00611. The number of sulfonamides is 1. The first kappa shape index (κ1) is 23.9. The molecule has 0 bridgehead atoms. The Morgan fingerprint density at radius 1 is 1.06 bits per heavy atom. The van der Waals surface area contributed by atoms with Gasteiger partial charge in [-0.1, -0.05) is 19.1 Å². The van der Waals surface area contributed by atoms with E-state index in [2.05, 4.69) is 16.5 Å². The van der Waals surface area contributed by atoms with Gasteiger partial charge in [0.05, 0.1) is 4.90 Å². The predicted octanol–water partition coefficient (Wildman–Crippen LogP) is 2.53. The topological polar surface area (TPSA) is 86.8 Å². The van der Waals surface area contributed by atoms with Crippen LogP contribution < -0.4 is 4.72 Å². The lowest BCUT2D eigenvalue weighted by atomic mass is 9.94. The number of carbonyl (C=O) groups excluding carboxylic acids is 2. The second-order valence-corrected chi connectivity index (χ2v) is 10.8. The fourth-order valence-corrected chi connectivity index (χ4v) is 5.48. The third kappa shape index (κ3) is 6.85. The largest absolute Gasteiger partial charge is 0.342 e. The highest BCUT2D eigenvalue weighted by Gasteiger charge is 2.26. The van der Waals surface area contributed by atoms with E-state index in [-0.39, 0.29) is 29.6 Å².